The second-order valence-corrected chi connectivity index (χ2v) is 2.69. The Kier molecular flexibility index (Phi) is 3.23. The van der Waals surface area contributed by atoms with Crippen molar-refractivity contribution >= 4 is 18.3 Å². The third-order valence-electron chi connectivity index (χ3n) is 1.90. The molecular formula is C10H11NO3. The van der Waals surface area contributed by atoms with Crippen LogP contribution in [0.4, 0.5) is 0 Å². The van der Waals surface area contributed by atoms with Crippen molar-refractivity contribution in [3.8, 4) is 0 Å². The number of carbonyl (C=O) groups is 2. The molecule has 0 amide bonds. The molecule has 0 aliphatic rings. The number of methoxy groups -OCH3 is 1. The van der Waals surface area contributed by atoms with Crippen molar-refractivity contribution in [2.45, 2.75) is 0 Å². The van der Waals surface area contributed by atoms with Crippen LogP contribution >= 0.6 is 0 Å². The zero-order valence-corrected chi connectivity index (χ0v) is 8.06. The number of allylic oxidation sites excluding steroid dienone is 1. The summed E-state index contributed by atoms with van der Waals surface area (Å²) in [5.74, 6) is -0.391. The van der Waals surface area contributed by atoms with Gasteiger partial charge in [-0.1, -0.05) is 0 Å². The second-order valence-electron chi connectivity index (χ2n) is 2.69. The van der Waals surface area contributed by atoms with E-state index in [1.807, 2.05) is 0 Å². The van der Waals surface area contributed by atoms with Crippen LogP contribution in [-0.4, -0.2) is 23.9 Å². The van der Waals surface area contributed by atoms with E-state index in [9.17, 15) is 9.59 Å². The average molecular weight is 193 g/mol. The normalized spacial score (nSPS) is 10.4. The summed E-state index contributed by atoms with van der Waals surface area (Å²) in [7, 11) is 3.06. The lowest BCUT2D eigenvalue weighted by Gasteiger charge is -2.02. The van der Waals surface area contributed by atoms with Crippen molar-refractivity contribution in [3.05, 3.63) is 29.6 Å². The van der Waals surface area contributed by atoms with Crippen LogP contribution in [0.3, 0.4) is 0 Å². The van der Waals surface area contributed by atoms with E-state index < -0.39 is 5.97 Å². The van der Waals surface area contributed by atoms with Gasteiger partial charge in [0.1, 0.15) is 12.0 Å². The quantitative estimate of drug-likeness (QED) is 0.409. The first kappa shape index (κ1) is 10.2. The Morgan fingerprint density at radius 2 is 2.21 bits per heavy atom. The van der Waals surface area contributed by atoms with Crippen LogP contribution in [0.5, 0.6) is 0 Å². The van der Waals surface area contributed by atoms with Crippen molar-refractivity contribution in [1.29, 1.82) is 0 Å². The van der Waals surface area contributed by atoms with E-state index in [1.54, 1.807) is 29.8 Å². The van der Waals surface area contributed by atoms with Crippen LogP contribution in [0.2, 0.25) is 0 Å². The molecule has 0 bridgehead atoms. The van der Waals surface area contributed by atoms with Crippen molar-refractivity contribution in [2.24, 2.45) is 7.05 Å². The molecule has 1 aromatic rings. The highest BCUT2D eigenvalue weighted by Crippen LogP contribution is 2.09. The molecule has 14 heavy (non-hydrogen) atoms. The van der Waals surface area contributed by atoms with Gasteiger partial charge in [0.05, 0.1) is 7.11 Å². The maximum Gasteiger partial charge on any atom is 0.354 e. The Bertz CT molecular complexity index is 377. The standard InChI is InChI=1S/C10H11NO3/c1-11-8(4-3-7-12)5-6-9(11)10(13)14-2/h3-7H,1-2H3/b4-3+. The first-order valence-corrected chi connectivity index (χ1v) is 4.06. The van der Waals surface area contributed by atoms with Crippen molar-refractivity contribution in [1.82, 2.24) is 4.57 Å². The van der Waals surface area contributed by atoms with E-state index in [0.717, 1.165) is 5.69 Å². The lowest BCUT2D eigenvalue weighted by atomic mass is 10.4. The molecule has 0 aromatic carbocycles. The van der Waals surface area contributed by atoms with E-state index in [0.29, 0.717) is 12.0 Å². The number of nitrogens with zero attached hydrogens (tertiary/aromatic N) is 1. The maximum absolute atomic E-state index is 11.2. The van der Waals surface area contributed by atoms with Gasteiger partial charge in [0, 0.05) is 12.7 Å². The molecule has 0 saturated heterocycles. The zero-order valence-electron chi connectivity index (χ0n) is 8.06. The van der Waals surface area contributed by atoms with Gasteiger partial charge in [-0.3, -0.25) is 4.79 Å². The number of aromatic nitrogens is 1. The third-order valence-corrected chi connectivity index (χ3v) is 1.90. The highest BCUT2D eigenvalue weighted by Gasteiger charge is 2.10. The van der Waals surface area contributed by atoms with Crippen LogP contribution < -0.4 is 0 Å². The largest absolute Gasteiger partial charge is 0.464 e. The minimum absolute atomic E-state index is 0.391. The molecule has 0 atom stereocenters. The number of esters is 1. The number of carbonyl (C=O) groups excluding carboxylic acids is 2. The van der Waals surface area contributed by atoms with Crippen LogP contribution in [-0.2, 0) is 16.6 Å². The molecule has 1 rings (SSSR count). The third kappa shape index (κ3) is 1.90. The number of hydrogen-bond donors (Lipinski definition) is 0. The van der Waals surface area contributed by atoms with E-state index in [-0.39, 0.29) is 0 Å². The van der Waals surface area contributed by atoms with Crippen molar-refractivity contribution in [3.63, 3.8) is 0 Å². The smallest absolute Gasteiger partial charge is 0.354 e. The van der Waals surface area contributed by atoms with Gasteiger partial charge >= 0.3 is 5.97 Å². The van der Waals surface area contributed by atoms with Gasteiger partial charge < -0.3 is 9.30 Å². The van der Waals surface area contributed by atoms with E-state index in [1.165, 1.54) is 13.2 Å². The molecule has 74 valence electrons. The summed E-state index contributed by atoms with van der Waals surface area (Å²) in [6.45, 7) is 0. The summed E-state index contributed by atoms with van der Waals surface area (Å²) in [6, 6.07) is 3.39. The summed E-state index contributed by atoms with van der Waals surface area (Å²) in [6.07, 6.45) is 3.68. The monoisotopic (exact) mass is 193 g/mol. The number of aldehydes is 1. The SMILES string of the molecule is COC(=O)c1ccc(/C=C/C=O)n1C. The van der Waals surface area contributed by atoms with Crippen LogP contribution in [0.15, 0.2) is 18.2 Å². The molecule has 0 aliphatic carbocycles. The lowest BCUT2D eigenvalue weighted by molar-refractivity contribution is -0.104. The molecule has 0 fully saturated rings. The fraction of sp³-hybridized carbons (Fsp3) is 0.200. The lowest BCUT2D eigenvalue weighted by Crippen LogP contribution is -2.08. The van der Waals surface area contributed by atoms with Crippen LogP contribution in [0.1, 0.15) is 16.2 Å². The summed E-state index contributed by atoms with van der Waals surface area (Å²) in [5.41, 5.74) is 1.23. The minimum atomic E-state index is -0.391. The van der Waals surface area contributed by atoms with Gasteiger partial charge in [0.15, 0.2) is 0 Å². The molecule has 0 unspecified atom stereocenters. The Balaban J connectivity index is 3.02. The summed E-state index contributed by atoms with van der Waals surface area (Å²) >= 11 is 0. The molecule has 1 aromatic heterocycles. The van der Waals surface area contributed by atoms with Crippen LogP contribution in [0, 0.1) is 0 Å². The van der Waals surface area contributed by atoms with Gasteiger partial charge in [-0.2, -0.15) is 0 Å². The molecule has 0 spiro atoms. The fourth-order valence-corrected chi connectivity index (χ4v) is 1.14. The molecule has 0 radical (unpaired) electrons. The Labute approximate surface area is 81.8 Å². The molecule has 4 nitrogen and oxygen atoms in total. The van der Waals surface area contributed by atoms with Gasteiger partial charge in [0.25, 0.3) is 0 Å². The molecule has 0 N–H and O–H groups in total. The molecule has 1 heterocycles. The van der Waals surface area contributed by atoms with Gasteiger partial charge in [-0.25, -0.2) is 4.79 Å². The van der Waals surface area contributed by atoms with E-state index in [2.05, 4.69) is 4.74 Å². The Hall–Kier alpha value is -1.84. The number of rotatable bonds is 3. The summed E-state index contributed by atoms with van der Waals surface area (Å²) < 4.78 is 6.24. The topological polar surface area (TPSA) is 48.3 Å². The zero-order chi connectivity index (χ0) is 10.6. The van der Waals surface area contributed by atoms with Gasteiger partial charge in [-0.05, 0) is 24.3 Å². The Morgan fingerprint density at radius 1 is 1.50 bits per heavy atom. The summed E-state index contributed by atoms with van der Waals surface area (Å²) in [4.78, 5) is 21.3. The highest BCUT2D eigenvalue weighted by molar-refractivity contribution is 5.88. The molecule has 0 saturated carbocycles. The Morgan fingerprint density at radius 3 is 2.79 bits per heavy atom. The predicted molar refractivity (Wildman–Crippen MR) is 51.9 cm³/mol. The summed E-state index contributed by atoms with van der Waals surface area (Å²) in [5, 5.41) is 0. The number of ether oxygens (including phenoxy) is 1. The first-order valence-electron chi connectivity index (χ1n) is 4.06. The predicted octanol–water partition coefficient (Wildman–Crippen LogP) is 1.02. The molecule has 0 aliphatic heterocycles. The average Bonchev–Trinajstić information content (AvgIpc) is 2.56. The fourth-order valence-electron chi connectivity index (χ4n) is 1.14. The van der Waals surface area contributed by atoms with E-state index >= 15 is 0 Å². The molecular weight excluding hydrogens is 182 g/mol. The highest BCUT2D eigenvalue weighted by atomic mass is 16.5. The van der Waals surface area contributed by atoms with Crippen molar-refractivity contribution < 1.29 is 14.3 Å². The number of hydrogen-bond acceptors (Lipinski definition) is 3. The second kappa shape index (κ2) is 4.41. The maximum atomic E-state index is 11.2. The first-order chi connectivity index (χ1) is 6.70. The van der Waals surface area contributed by atoms with Gasteiger partial charge in [0.2, 0.25) is 0 Å². The van der Waals surface area contributed by atoms with Gasteiger partial charge in [-0.15, -0.1) is 0 Å². The van der Waals surface area contributed by atoms with Crippen molar-refractivity contribution in [2.75, 3.05) is 7.11 Å². The van der Waals surface area contributed by atoms with Crippen LogP contribution in [0.25, 0.3) is 6.08 Å². The minimum Gasteiger partial charge on any atom is -0.464 e. The van der Waals surface area contributed by atoms with E-state index in [4.69, 9.17) is 0 Å². The molecule has 4 heteroatoms.